The molecule has 1 aliphatic rings. The fraction of sp³-hybridized carbons (Fsp3) is 0.217. The molecule has 0 saturated carbocycles. The third-order valence-corrected chi connectivity index (χ3v) is 5.16. The molecule has 7 nitrogen and oxygen atoms in total. The van der Waals surface area contributed by atoms with Crippen LogP contribution in [0.5, 0.6) is 0 Å². The predicted molar refractivity (Wildman–Crippen MR) is 111 cm³/mol. The van der Waals surface area contributed by atoms with Crippen LogP contribution < -0.4 is 4.90 Å². The van der Waals surface area contributed by atoms with E-state index in [1.165, 1.54) is 6.92 Å². The van der Waals surface area contributed by atoms with Gasteiger partial charge in [-0.2, -0.15) is 5.26 Å². The maximum Gasteiger partial charge on any atom is 0.289 e. The monoisotopic (exact) mass is 400 g/mol. The Morgan fingerprint density at radius 1 is 1.03 bits per heavy atom. The van der Waals surface area contributed by atoms with Crippen LogP contribution in [-0.4, -0.2) is 47.8 Å². The fourth-order valence-corrected chi connectivity index (χ4v) is 3.43. The van der Waals surface area contributed by atoms with Gasteiger partial charge in [0.05, 0.1) is 11.6 Å². The molecule has 2 aromatic heterocycles. The third kappa shape index (κ3) is 3.94. The van der Waals surface area contributed by atoms with Gasteiger partial charge in [0, 0.05) is 43.5 Å². The Morgan fingerprint density at radius 3 is 2.43 bits per heavy atom. The minimum absolute atomic E-state index is 0.00514. The van der Waals surface area contributed by atoms with Crippen LogP contribution in [-0.2, 0) is 0 Å². The van der Waals surface area contributed by atoms with Gasteiger partial charge in [-0.1, -0.05) is 24.3 Å². The van der Waals surface area contributed by atoms with Gasteiger partial charge in [-0.3, -0.25) is 9.59 Å². The lowest BCUT2D eigenvalue weighted by Gasteiger charge is -2.35. The molecule has 1 aliphatic heterocycles. The van der Waals surface area contributed by atoms with E-state index in [4.69, 9.17) is 9.68 Å². The molecule has 1 fully saturated rings. The predicted octanol–water partition coefficient (Wildman–Crippen LogP) is 3.38. The quantitative estimate of drug-likeness (QED) is 0.624. The van der Waals surface area contributed by atoms with Crippen LogP contribution in [0.15, 0.2) is 59.1 Å². The minimum Gasteiger partial charge on any atom is -0.451 e. The van der Waals surface area contributed by atoms with Gasteiger partial charge in [0.2, 0.25) is 0 Å². The van der Waals surface area contributed by atoms with Crippen LogP contribution in [0, 0.1) is 11.3 Å². The average molecular weight is 400 g/mol. The number of pyridine rings is 1. The van der Waals surface area contributed by atoms with Gasteiger partial charge in [-0.25, -0.2) is 4.98 Å². The molecule has 30 heavy (non-hydrogen) atoms. The highest BCUT2D eigenvalue weighted by Crippen LogP contribution is 2.24. The molecule has 4 rings (SSSR count). The number of carbonyl (C=O) groups excluding carboxylic acids is 2. The highest BCUT2D eigenvalue weighted by atomic mass is 16.4. The van der Waals surface area contributed by atoms with Crippen molar-refractivity contribution in [2.24, 2.45) is 0 Å². The van der Waals surface area contributed by atoms with Crippen molar-refractivity contribution in [3.05, 3.63) is 71.6 Å². The highest BCUT2D eigenvalue weighted by molar-refractivity contribution is 5.94. The number of anilines is 1. The van der Waals surface area contributed by atoms with E-state index in [9.17, 15) is 9.59 Å². The minimum atomic E-state index is -0.153. The third-order valence-electron chi connectivity index (χ3n) is 5.16. The number of nitriles is 1. The van der Waals surface area contributed by atoms with Gasteiger partial charge in [0.1, 0.15) is 11.6 Å². The molecule has 0 atom stereocenters. The van der Waals surface area contributed by atoms with Crippen LogP contribution in [0.3, 0.4) is 0 Å². The maximum absolute atomic E-state index is 12.8. The number of aromatic nitrogens is 1. The first kappa shape index (κ1) is 19.4. The maximum atomic E-state index is 12.8. The zero-order valence-electron chi connectivity index (χ0n) is 16.5. The topological polar surface area (TPSA) is 90.4 Å². The van der Waals surface area contributed by atoms with Gasteiger partial charge in [-0.15, -0.1) is 0 Å². The van der Waals surface area contributed by atoms with Crippen molar-refractivity contribution in [1.82, 2.24) is 9.88 Å². The van der Waals surface area contributed by atoms with E-state index in [-0.39, 0.29) is 11.7 Å². The molecule has 0 unspecified atom stereocenters. The van der Waals surface area contributed by atoms with Gasteiger partial charge < -0.3 is 14.2 Å². The number of Topliss-reactive ketones (excluding diaryl/α,β-unsaturated/α-hetero) is 1. The molecule has 0 spiro atoms. The van der Waals surface area contributed by atoms with Gasteiger partial charge in [-0.05, 0) is 31.2 Å². The van der Waals surface area contributed by atoms with E-state index in [1.54, 1.807) is 47.5 Å². The number of amides is 1. The normalized spacial score (nSPS) is 13.7. The van der Waals surface area contributed by atoms with Crippen molar-refractivity contribution < 1.29 is 14.0 Å². The molecule has 0 aliphatic carbocycles. The zero-order valence-corrected chi connectivity index (χ0v) is 16.5. The van der Waals surface area contributed by atoms with E-state index in [2.05, 4.69) is 16.0 Å². The Hall–Kier alpha value is -3.92. The van der Waals surface area contributed by atoms with Crippen LogP contribution in [0.1, 0.15) is 33.4 Å². The van der Waals surface area contributed by atoms with E-state index in [1.807, 2.05) is 12.1 Å². The Kier molecular flexibility index (Phi) is 5.31. The highest BCUT2D eigenvalue weighted by Gasteiger charge is 2.25. The van der Waals surface area contributed by atoms with Crippen LogP contribution in [0.4, 0.5) is 5.82 Å². The Labute approximate surface area is 174 Å². The van der Waals surface area contributed by atoms with Gasteiger partial charge in [0.15, 0.2) is 11.5 Å². The number of furan rings is 1. The summed E-state index contributed by atoms with van der Waals surface area (Å²) in [5.41, 5.74) is 2.01. The Morgan fingerprint density at radius 2 is 1.77 bits per heavy atom. The molecule has 150 valence electrons. The summed E-state index contributed by atoms with van der Waals surface area (Å²) in [6.07, 6.45) is 1.62. The lowest BCUT2D eigenvalue weighted by Crippen LogP contribution is -2.49. The van der Waals surface area contributed by atoms with Crippen molar-refractivity contribution in [3.63, 3.8) is 0 Å². The molecule has 3 aromatic rings. The lowest BCUT2D eigenvalue weighted by molar-refractivity contribution is 0.0715. The second-order valence-corrected chi connectivity index (χ2v) is 7.09. The van der Waals surface area contributed by atoms with E-state index in [0.29, 0.717) is 48.8 Å². The molecule has 3 heterocycles. The zero-order chi connectivity index (χ0) is 21.1. The molecule has 1 saturated heterocycles. The number of ketones is 1. The summed E-state index contributed by atoms with van der Waals surface area (Å²) >= 11 is 0. The number of rotatable bonds is 4. The molecule has 0 N–H and O–H groups in total. The molecule has 7 heteroatoms. The summed E-state index contributed by atoms with van der Waals surface area (Å²) in [7, 11) is 0. The Balaban J connectivity index is 1.41. The Bertz CT molecular complexity index is 1120. The second-order valence-electron chi connectivity index (χ2n) is 7.09. The van der Waals surface area contributed by atoms with Gasteiger partial charge >= 0.3 is 0 Å². The van der Waals surface area contributed by atoms with Crippen LogP contribution >= 0.6 is 0 Å². The first-order valence-corrected chi connectivity index (χ1v) is 9.67. The molecule has 0 radical (unpaired) electrons. The van der Waals surface area contributed by atoms with Crippen molar-refractivity contribution in [1.29, 1.82) is 5.26 Å². The number of hydrogen-bond acceptors (Lipinski definition) is 6. The first-order chi connectivity index (χ1) is 14.5. The second kappa shape index (κ2) is 8.21. The van der Waals surface area contributed by atoms with E-state index in [0.717, 1.165) is 11.4 Å². The number of benzene rings is 1. The summed E-state index contributed by atoms with van der Waals surface area (Å²) in [6.45, 7) is 3.87. The fourth-order valence-electron chi connectivity index (χ4n) is 3.43. The summed E-state index contributed by atoms with van der Waals surface area (Å²) in [6, 6.07) is 16.1. The molecular weight excluding hydrogens is 380 g/mol. The lowest BCUT2D eigenvalue weighted by atomic mass is 10.1. The summed E-state index contributed by atoms with van der Waals surface area (Å²) in [5.74, 6) is 1.48. The average Bonchev–Trinajstić information content (AvgIpc) is 3.29. The van der Waals surface area contributed by atoms with Crippen molar-refractivity contribution in [2.75, 3.05) is 31.1 Å². The smallest absolute Gasteiger partial charge is 0.289 e. The van der Waals surface area contributed by atoms with Crippen LogP contribution in [0.25, 0.3) is 11.3 Å². The van der Waals surface area contributed by atoms with Crippen LogP contribution in [0.2, 0.25) is 0 Å². The summed E-state index contributed by atoms with van der Waals surface area (Å²) in [5, 5.41) is 9.05. The number of carbonyl (C=O) groups is 2. The largest absolute Gasteiger partial charge is 0.451 e. The molecular formula is C23H20N4O3. The SMILES string of the molecule is CC(=O)c1ccc(-c2ccc(C(=O)N3CCN(c4cc(C#N)ccn4)CC3)o2)cc1. The van der Waals surface area contributed by atoms with Crippen molar-refractivity contribution in [2.45, 2.75) is 6.92 Å². The number of piperazine rings is 1. The summed E-state index contributed by atoms with van der Waals surface area (Å²) < 4.78 is 5.79. The van der Waals surface area contributed by atoms with Crippen molar-refractivity contribution >= 4 is 17.5 Å². The molecule has 0 bridgehead atoms. The number of hydrogen-bond donors (Lipinski definition) is 0. The molecule has 1 amide bonds. The van der Waals surface area contributed by atoms with E-state index < -0.39 is 0 Å². The van der Waals surface area contributed by atoms with E-state index >= 15 is 0 Å². The molecule has 1 aromatic carbocycles. The summed E-state index contributed by atoms with van der Waals surface area (Å²) in [4.78, 5) is 32.4. The van der Waals surface area contributed by atoms with Gasteiger partial charge in [0.25, 0.3) is 5.91 Å². The number of nitrogens with zero attached hydrogens (tertiary/aromatic N) is 4. The standard InChI is InChI=1S/C23H20N4O3/c1-16(28)18-2-4-19(5-3-18)20-6-7-21(30-20)23(29)27-12-10-26(11-13-27)22-14-17(15-24)8-9-25-22/h2-9,14H,10-13H2,1H3. The van der Waals surface area contributed by atoms with Crippen molar-refractivity contribution in [3.8, 4) is 17.4 Å². The first-order valence-electron chi connectivity index (χ1n) is 9.67.